The number of Topliss-reactive ketones (excluding diaryl/α,β-unsaturated/α-hetero) is 1. The van der Waals surface area contributed by atoms with Crippen LogP contribution in [0.4, 0.5) is 0 Å². The number of rotatable bonds is 12. The Morgan fingerprint density at radius 3 is 2.19 bits per heavy atom. The zero-order valence-electron chi connectivity index (χ0n) is 21.2. The number of carboxylic acids is 1. The number of ether oxygens (including phenoxy) is 2. The van der Waals surface area contributed by atoms with Crippen LogP contribution < -0.4 is 44.1 Å². The molecule has 0 saturated carbocycles. The summed E-state index contributed by atoms with van der Waals surface area (Å²) in [6.07, 6.45) is 0.0181. The number of aryl methyl sites for hydroxylation is 2. The van der Waals surface area contributed by atoms with Gasteiger partial charge in [-0.2, -0.15) is 0 Å². The van der Waals surface area contributed by atoms with Gasteiger partial charge in [0.05, 0.1) is 5.97 Å². The molecule has 0 aliphatic rings. The molecule has 186 valence electrons. The molecule has 0 radical (unpaired) electrons. The van der Waals surface area contributed by atoms with Gasteiger partial charge in [-0.25, -0.2) is 0 Å². The van der Waals surface area contributed by atoms with Gasteiger partial charge in [-0.1, -0.05) is 44.9 Å². The Kier molecular flexibility index (Phi) is 11.4. The molecule has 3 rings (SSSR count). The van der Waals surface area contributed by atoms with E-state index in [0.29, 0.717) is 29.9 Å². The summed E-state index contributed by atoms with van der Waals surface area (Å²) in [5.74, 6) is -0.419. The quantitative estimate of drug-likeness (QED) is 0.210. The molecule has 2 unspecified atom stereocenters. The summed E-state index contributed by atoms with van der Waals surface area (Å²) in [7, 11) is 0. The molecule has 0 spiro atoms. The number of fused-ring (bicyclic) bond motifs is 1. The molecule has 2 N–H and O–H groups in total. The van der Waals surface area contributed by atoms with Crippen molar-refractivity contribution in [2.45, 2.75) is 58.8 Å². The molecule has 3 aromatic rings. The number of carbonyl (C=O) groups is 2. The number of carbonyl (C=O) groups excluding carboxylic acids is 2. The van der Waals surface area contributed by atoms with Crippen molar-refractivity contribution in [1.82, 2.24) is 0 Å². The van der Waals surface area contributed by atoms with Gasteiger partial charge in [0.1, 0.15) is 24.2 Å². The van der Waals surface area contributed by atoms with E-state index in [-0.39, 0.29) is 47.5 Å². The minimum Gasteiger partial charge on any atom is -0.545 e. The molecule has 0 aliphatic heterocycles. The summed E-state index contributed by atoms with van der Waals surface area (Å²) in [6.45, 7) is 5.25. The molecule has 0 aromatic heterocycles. The van der Waals surface area contributed by atoms with E-state index in [4.69, 9.17) is 9.47 Å². The van der Waals surface area contributed by atoms with Crippen molar-refractivity contribution in [2.75, 3.05) is 6.61 Å². The van der Waals surface area contributed by atoms with Crippen LogP contribution in [0.5, 0.6) is 11.5 Å². The van der Waals surface area contributed by atoms with E-state index in [1.54, 1.807) is 36.4 Å². The normalized spacial score (nSPS) is 12.5. The van der Waals surface area contributed by atoms with E-state index in [2.05, 4.69) is 0 Å². The van der Waals surface area contributed by atoms with Gasteiger partial charge in [0.25, 0.3) is 0 Å². The van der Waals surface area contributed by atoms with Crippen LogP contribution in [0.15, 0.2) is 48.5 Å². The van der Waals surface area contributed by atoms with Gasteiger partial charge in [0.2, 0.25) is 6.29 Å². The van der Waals surface area contributed by atoms with Gasteiger partial charge in [-0.15, -0.1) is 0 Å². The number of aliphatic hydroxyl groups excluding tert-OH is 2. The average Bonchev–Trinajstić information content (AvgIpc) is 2.84. The molecule has 0 aliphatic carbocycles. The first-order chi connectivity index (χ1) is 16.7. The molecule has 36 heavy (non-hydrogen) atoms. The monoisotopic (exact) mass is 502 g/mol. The van der Waals surface area contributed by atoms with Crippen LogP contribution in [0, 0.1) is 0 Å². The van der Waals surface area contributed by atoms with Crippen molar-refractivity contribution in [3.05, 3.63) is 70.8 Å². The number of hydrogen-bond acceptors (Lipinski definition) is 7. The van der Waals surface area contributed by atoms with Crippen LogP contribution in [0.25, 0.3) is 10.8 Å². The summed E-state index contributed by atoms with van der Waals surface area (Å²) in [4.78, 5) is 23.0. The Morgan fingerprint density at radius 2 is 1.56 bits per heavy atom. The van der Waals surface area contributed by atoms with Crippen LogP contribution >= 0.6 is 0 Å². The Bertz CT molecular complexity index is 1210. The molecule has 8 heteroatoms. The fraction of sp³-hybridized carbons (Fsp3) is 0.357. The molecule has 7 nitrogen and oxygen atoms in total. The summed E-state index contributed by atoms with van der Waals surface area (Å²) in [5.41, 5.74) is 2.23. The van der Waals surface area contributed by atoms with Crippen molar-refractivity contribution < 1.29 is 63.9 Å². The van der Waals surface area contributed by atoms with Gasteiger partial charge < -0.3 is 29.6 Å². The van der Waals surface area contributed by atoms with E-state index < -0.39 is 18.4 Å². The minimum atomic E-state index is -1.55. The first-order valence-corrected chi connectivity index (χ1v) is 11.8. The molecule has 0 saturated heterocycles. The van der Waals surface area contributed by atoms with Crippen LogP contribution in [-0.4, -0.2) is 41.0 Å². The molecule has 0 amide bonds. The molecular weight excluding hydrogens is 471 g/mol. The third kappa shape index (κ3) is 7.31. The number of aromatic carboxylic acids is 1. The smallest absolute Gasteiger partial charge is 0.545 e. The molecule has 0 heterocycles. The maximum Gasteiger partial charge on any atom is 1.00 e. The Balaban J connectivity index is 0.00000456. The third-order valence-corrected chi connectivity index (χ3v) is 5.80. The summed E-state index contributed by atoms with van der Waals surface area (Å²) < 4.78 is 11.5. The summed E-state index contributed by atoms with van der Waals surface area (Å²) >= 11 is 0. The zero-order valence-corrected chi connectivity index (χ0v) is 23.2. The fourth-order valence-electron chi connectivity index (χ4n) is 3.98. The van der Waals surface area contributed by atoms with Crippen LogP contribution in [0.1, 0.15) is 65.5 Å². The van der Waals surface area contributed by atoms with Crippen LogP contribution in [0.2, 0.25) is 0 Å². The van der Waals surface area contributed by atoms with Crippen molar-refractivity contribution in [2.24, 2.45) is 0 Å². The second-order valence-corrected chi connectivity index (χ2v) is 8.53. The number of ketones is 1. The SMILES string of the molecule is CCCc1cc(C(C)=O)ccc1OC(O)C(O)COc1ccc2ccc(C(=O)[O-])cc2c1CCC.[Na+]. The fourth-order valence-corrected chi connectivity index (χ4v) is 3.98. The van der Waals surface area contributed by atoms with Gasteiger partial charge in [0.15, 0.2) is 5.78 Å². The molecule has 3 aromatic carbocycles. The van der Waals surface area contributed by atoms with E-state index in [1.807, 2.05) is 19.9 Å². The predicted octanol–water partition coefficient (Wildman–Crippen LogP) is 0.452. The van der Waals surface area contributed by atoms with Gasteiger partial charge in [-0.3, -0.25) is 4.79 Å². The minimum absolute atomic E-state index is 0. The topological polar surface area (TPSA) is 116 Å². The van der Waals surface area contributed by atoms with Crippen molar-refractivity contribution in [3.63, 3.8) is 0 Å². The maximum atomic E-state index is 11.7. The Morgan fingerprint density at radius 1 is 0.917 bits per heavy atom. The second-order valence-electron chi connectivity index (χ2n) is 8.53. The molecular formula is C28H31NaO7. The summed E-state index contributed by atoms with van der Waals surface area (Å²) in [5, 5.41) is 33.9. The van der Waals surface area contributed by atoms with E-state index in [0.717, 1.165) is 34.7 Å². The molecule has 2 atom stereocenters. The number of hydrogen-bond donors (Lipinski definition) is 2. The molecule has 0 fully saturated rings. The van der Waals surface area contributed by atoms with Crippen LogP contribution in [-0.2, 0) is 12.8 Å². The second kappa shape index (κ2) is 13.8. The zero-order chi connectivity index (χ0) is 25.5. The maximum absolute atomic E-state index is 11.7. The van der Waals surface area contributed by atoms with Crippen molar-refractivity contribution in [1.29, 1.82) is 0 Å². The predicted molar refractivity (Wildman–Crippen MR) is 131 cm³/mol. The first kappa shape index (κ1) is 29.8. The number of aliphatic hydroxyl groups is 2. The van der Waals surface area contributed by atoms with E-state index in [1.165, 1.54) is 13.0 Å². The Labute approximate surface area is 233 Å². The van der Waals surface area contributed by atoms with E-state index in [9.17, 15) is 24.9 Å². The van der Waals surface area contributed by atoms with Gasteiger partial charge >= 0.3 is 29.6 Å². The molecule has 0 bridgehead atoms. The van der Waals surface area contributed by atoms with Crippen molar-refractivity contribution in [3.8, 4) is 11.5 Å². The van der Waals surface area contributed by atoms with Crippen LogP contribution in [0.3, 0.4) is 0 Å². The van der Waals surface area contributed by atoms with Gasteiger partial charge in [-0.05, 0) is 72.0 Å². The average molecular weight is 503 g/mol. The number of benzene rings is 3. The number of carboxylic acid groups (broad SMARTS) is 1. The van der Waals surface area contributed by atoms with Crippen molar-refractivity contribution >= 4 is 22.5 Å². The van der Waals surface area contributed by atoms with E-state index >= 15 is 0 Å². The Hall–Kier alpha value is -2.42. The largest absolute Gasteiger partial charge is 1.00 e. The summed E-state index contributed by atoms with van der Waals surface area (Å²) in [6, 6.07) is 13.4. The van der Waals surface area contributed by atoms with Gasteiger partial charge in [0, 0.05) is 11.1 Å². The third-order valence-electron chi connectivity index (χ3n) is 5.80. The first-order valence-electron chi connectivity index (χ1n) is 11.8. The standard InChI is InChI=1S/C28H32O7.Na/c1-4-6-20-14-19(17(3)29)11-12-25(20)35-28(33)24(30)16-34-26-13-10-18-8-9-21(27(31)32)15-23(18)22(26)7-5-2;/h8-15,24,28,30,33H,4-7,16H2,1-3H3,(H,31,32);/q;+1/p-1.